The van der Waals surface area contributed by atoms with Crippen LogP contribution in [0.3, 0.4) is 0 Å². The maximum atomic E-state index is 12.9. The number of anilines is 2. The highest BCUT2D eigenvalue weighted by Gasteiger charge is 2.30. The minimum atomic E-state index is -0.0625. The van der Waals surface area contributed by atoms with Gasteiger partial charge in [0.05, 0.1) is 11.7 Å². The molecule has 146 valence electrons. The summed E-state index contributed by atoms with van der Waals surface area (Å²) >= 11 is 0. The maximum Gasteiger partial charge on any atom is 0.237 e. The molecule has 1 aromatic heterocycles. The summed E-state index contributed by atoms with van der Waals surface area (Å²) in [5, 5.41) is 6.42. The van der Waals surface area contributed by atoms with E-state index in [9.17, 15) is 4.79 Å². The fourth-order valence-corrected chi connectivity index (χ4v) is 4.10. The number of hydrogen-bond acceptors (Lipinski definition) is 5. The molecule has 0 unspecified atom stereocenters. The highest BCUT2D eigenvalue weighted by molar-refractivity contribution is 5.82. The van der Waals surface area contributed by atoms with E-state index in [1.165, 1.54) is 5.56 Å². The summed E-state index contributed by atoms with van der Waals surface area (Å²) < 4.78 is 0. The summed E-state index contributed by atoms with van der Waals surface area (Å²) in [5.74, 6) is 0.678. The molecular weight excluding hydrogens is 362 g/mol. The van der Waals surface area contributed by atoms with E-state index < -0.39 is 0 Å². The van der Waals surface area contributed by atoms with E-state index >= 15 is 0 Å². The number of fused-ring (bicyclic) bond motifs is 4. The van der Waals surface area contributed by atoms with Gasteiger partial charge in [0.1, 0.15) is 0 Å². The number of benzene rings is 2. The van der Waals surface area contributed by atoms with Gasteiger partial charge in [-0.1, -0.05) is 30.3 Å². The summed E-state index contributed by atoms with van der Waals surface area (Å²) in [4.78, 5) is 24.1. The van der Waals surface area contributed by atoms with Crippen molar-refractivity contribution in [3.8, 4) is 11.3 Å². The molecular formula is C23H23N5O. The predicted octanol–water partition coefficient (Wildman–Crippen LogP) is 3.48. The molecule has 4 heterocycles. The van der Waals surface area contributed by atoms with Crippen molar-refractivity contribution >= 4 is 17.5 Å². The second-order valence-electron chi connectivity index (χ2n) is 7.63. The fourth-order valence-electron chi connectivity index (χ4n) is 4.10. The van der Waals surface area contributed by atoms with Gasteiger partial charge in [0.25, 0.3) is 0 Å². The Balaban J connectivity index is 1.53. The number of carbonyl (C=O) groups is 1. The fraction of sp³-hybridized carbons (Fsp3) is 0.261. The average molecular weight is 385 g/mol. The third-order valence-electron chi connectivity index (χ3n) is 5.61. The van der Waals surface area contributed by atoms with E-state index in [0.717, 1.165) is 48.4 Å². The van der Waals surface area contributed by atoms with Crippen LogP contribution in [-0.4, -0.2) is 33.4 Å². The molecule has 2 aromatic carbocycles. The number of rotatable bonds is 0. The van der Waals surface area contributed by atoms with Gasteiger partial charge in [-0.25, -0.2) is 9.97 Å². The van der Waals surface area contributed by atoms with Crippen molar-refractivity contribution in [3.63, 3.8) is 0 Å². The maximum absolute atomic E-state index is 12.9. The summed E-state index contributed by atoms with van der Waals surface area (Å²) in [5.41, 5.74) is 5.05. The lowest BCUT2D eigenvalue weighted by atomic mass is 10.1. The van der Waals surface area contributed by atoms with Crippen LogP contribution in [0.2, 0.25) is 0 Å². The molecule has 1 fully saturated rings. The monoisotopic (exact) mass is 385 g/mol. The molecule has 6 nitrogen and oxygen atoms in total. The number of aromatic nitrogens is 2. The molecule has 6 heteroatoms. The van der Waals surface area contributed by atoms with Crippen LogP contribution in [0.4, 0.5) is 11.6 Å². The Labute approximate surface area is 170 Å². The van der Waals surface area contributed by atoms with Crippen LogP contribution in [0.1, 0.15) is 24.0 Å². The highest BCUT2D eigenvalue weighted by Crippen LogP contribution is 2.24. The molecule has 1 atom stereocenters. The summed E-state index contributed by atoms with van der Waals surface area (Å²) in [7, 11) is 0. The Bertz CT molecular complexity index is 1030. The van der Waals surface area contributed by atoms with Crippen molar-refractivity contribution in [2.45, 2.75) is 32.0 Å². The average Bonchev–Trinajstić information content (AvgIpc) is 3.21. The molecule has 29 heavy (non-hydrogen) atoms. The number of nitrogens with zero attached hydrogens (tertiary/aromatic N) is 3. The first-order chi connectivity index (χ1) is 14.2. The minimum absolute atomic E-state index is 0.0625. The molecule has 0 saturated carbocycles. The van der Waals surface area contributed by atoms with Gasteiger partial charge in [-0.2, -0.15) is 0 Å². The molecule has 0 radical (unpaired) electrons. The van der Waals surface area contributed by atoms with Gasteiger partial charge in [-0.15, -0.1) is 0 Å². The molecule has 3 aliphatic heterocycles. The standard InChI is InChI=1S/C23H23N5O/c29-22-21-5-2-12-28(21)15-16-6-8-19(9-7-16)26-23-24-11-10-20(27-23)18-4-1-3-17(13-18)14-25-22/h1,3-4,6-11,13,21H,2,5,12,14-15H2,(H,25,29)(H,24,26,27)/t21-/m0/s1. The zero-order chi connectivity index (χ0) is 19.6. The molecule has 6 rings (SSSR count). The largest absolute Gasteiger partial charge is 0.351 e. The van der Waals surface area contributed by atoms with Crippen molar-refractivity contribution in [3.05, 3.63) is 71.9 Å². The van der Waals surface area contributed by atoms with Gasteiger partial charge in [0, 0.05) is 30.5 Å². The Morgan fingerprint density at radius 2 is 1.93 bits per heavy atom. The van der Waals surface area contributed by atoms with Gasteiger partial charge >= 0.3 is 0 Å². The molecule has 6 bridgehead atoms. The zero-order valence-electron chi connectivity index (χ0n) is 16.1. The molecule has 0 aliphatic carbocycles. The summed E-state index contributed by atoms with van der Waals surface area (Å²) in [6, 6.07) is 18.2. The van der Waals surface area contributed by atoms with Crippen LogP contribution in [0, 0.1) is 0 Å². The van der Waals surface area contributed by atoms with Crippen molar-refractivity contribution in [2.75, 3.05) is 11.9 Å². The predicted molar refractivity (Wildman–Crippen MR) is 112 cm³/mol. The minimum Gasteiger partial charge on any atom is -0.351 e. The summed E-state index contributed by atoms with van der Waals surface area (Å²) in [6.45, 7) is 2.24. The van der Waals surface area contributed by atoms with Crippen molar-refractivity contribution in [2.24, 2.45) is 0 Å². The number of nitrogens with one attached hydrogen (secondary N) is 2. The lowest BCUT2D eigenvalue weighted by Gasteiger charge is -2.24. The van der Waals surface area contributed by atoms with E-state index in [4.69, 9.17) is 0 Å². The first kappa shape index (κ1) is 17.8. The molecule has 1 amide bonds. The van der Waals surface area contributed by atoms with E-state index in [2.05, 4.69) is 43.7 Å². The quantitative estimate of drug-likeness (QED) is 0.620. The van der Waals surface area contributed by atoms with Crippen LogP contribution >= 0.6 is 0 Å². The van der Waals surface area contributed by atoms with Gasteiger partial charge in [0.15, 0.2) is 0 Å². The Morgan fingerprint density at radius 1 is 1.03 bits per heavy atom. The number of carbonyl (C=O) groups excluding carboxylic acids is 1. The van der Waals surface area contributed by atoms with Gasteiger partial charge < -0.3 is 10.6 Å². The first-order valence-electron chi connectivity index (χ1n) is 10.0. The lowest BCUT2D eigenvalue weighted by Crippen LogP contribution is -2.42. The van der Waals surface area contributed by atoms with Crippen LogP contribution in [-0.2, 0) is 17.9 Å². The Morgan fingerprint density at radius 3 is 2.83 bits per heavy atom. The van der Waals surface area contributed by atoms with Crippen molar-refractivity contribution in [1.29, 1.82) is 0 Å². The number of amides is 1. The van der Waals surface area contributed by atoms with E-state index in [0.29, 0.717) is 12.5 Å². The van der Waals surface area contributed by atoms with E-state index in [-0.39, 0.29) is 11.9 Å². The summed E-state index contributed by atoms with van der Waals surface area (Å²) in [6.07, 6.45) is 3.72. The molecule has 3 aromatic rings. The van der Waals surface area contributed by atoms with Gasteiger partial charge in [-0.3, -0.25) is 9.69 Å². The molecule has 2 N–H and O–H groups in total. The van der Waals surface area contributed by atoms with Crippen molar-refractivity contribution < 1.29 is 4.79 Å². The lowest BCUT2D eigenvalue weighted by molar-refractivity contribution is -0.125. The van der Waals surface area contributed by atoms with Crippen LogP contribution in [0.5, 0.6) is 0 Å². The van der Waals surface area contributed by atoms with Gasteiger partial charge in [-0.05, 0) is 54.8 Å². The van der Waals surface area contributed by atoms with Crippen LogP contribution < -0.4 is 10.6 Å². The highest BCUT2D eigenvalue weighted by atomic mass is 16.2. The normalized spacial score (nSPS) is 19.2. The van der Waals surface area contributed by atoms with Gasteiger partial charge in [0.2, 0.25) is 11.9 Å². The zero-order valence-corrected chi connectivity index (χ0v) is 16.1. The topological polar surface area (TPSA) is 70.1 Å². The first-order valence-corrected chi connectivity index (χ1v) is 10.0. The molecule has 1 saturated heterocycles. The Kier molecular flexibility index (Phi) is 4.69. The van der Waals surface area contributed by atoms with Crippen LogP contribution in [0.15, 0.2) is 60.8 Å². The molecule has 3 aliphatic rings. The second kappa shape index (κ2) is 7.64. The third kappa shape index (κ3) is 3.84. The Hall–Kier alpha value is -3.25. The molecule has 0 spiro atoms. The second-order valence-corrected chi connectivity index (χ2v) is 7.63. The van der Waals surface area contributed by atoms with Crippen LogP contribution in [0.25, 0.3) is 11.3 Å². The smallest absolute Gasteiger partial charge is 0.237 e. The van der Waals surface area contributed by atoms with Crippen molar-refractivity contribution in [1.82, 2.24) is 20.2 Å². The number of hydrogen-bond donors (Lipinski definition) is 2. The SMILES string of the molecule is O=C1NCc2cccc(c2)-c2ccnc(n2)Nc2ccc(cc2)CN2CCC[C@@H]12. The van der Waals surface area contributed by atoms with E-state index in [1.54, 1.807) is 6.20 Å². The van der Waals surface area contributed by atoms with E-state index in [1.807, 2.05) is 36.4 Å². The third-order valence-corrected chi connectivity index (χ3v) is 5.61.